The van der Waals surface area contributed by atoms with Gasteiger partial charge in [-0.3, -0.25) is 4.79 Å². The van der Waals surface area contributed by atoms with E-state index < -0.39 is 12.0 Å². The fourth-order valence-corrected chi connectivity index (χ4v) is 1.15. The quantitative estimate of drug-likeness (QED) is 0.594. The van der Waals surface area contributed by atoms with Crippen LogP contribution in [-0.4, -0.2) is 34.9 Å². The minimum Gasteiger partial charge on any atom is -0.480 e. The standard InChI is InChI=1S/C10H21NO3/c1-6(2)9(10(13)14)11-8(4)7(3)5-12/h6-9,11-12H,5H2,1-4H3,(H,13,14). The molecule has 0 aromatic rings. The van der Waals surface area contributed by atoms with Crippen molar-refractivity contribution in [2.45, 2.75) is 39.8 Å². The molecule has 0 aliphatic heterocycles. The summed E-state index contributed by atoms with van der Waals surface area (Å²) in [6, 6.07) is -0.539. The van der Waals surface area contributed by atoms with Crippen LogP contribution in [0.15, 0.2) is 0 Å². The van der Waals surface area contributed by atoms with E-state index in [1.165, 1.54) is 0 Å². The molecule has 3 unspecified atom stereocenters. The van der Waals surface area contributed by atoms with E-state index in [9.17, 15) is 4.79 Å². The molecule has 0 radical (unpaired) electrons. The van der Waals surface area contributed by atoms with Crippen molar-refractivity contribution >= 4 is 5.97 Å². The Labute approximate surface area is 85.3 Å². The third-order valence-corrected chi connectivity index (χ3v) is 2.52. The molecule has 3 atom stereocenters. The Morgan fingerprint density at radius 2 is 1.79 bits per heavy atom. The van der Waals surface area contributed by atoms with E-state index in [0.29, 0.717) is 0 Å². The van der Waals surface area contributed by atoms with Crippen LogP contribution in [0.25, 0.3) is 0 Å². The summed E-state index contributed by atoms with van der Waals surface area (Å²) < 4.78 is 0. The van der Waals surface area contributed by atoms with Crippen molar-refractivity contribution in [2.24, 2.45) is 11.8 Å². The van der Waals surface area contributed by atoms with Gasteiger partial charge >= 0.3 is 5.97 Å². The fraction of sp³-hybridized carbons (Fsp3) is 0.900. The van der Waals surface area contributed by atoms with E-state index in [2.05, 4.69) is 5.32 Å². The first kappa shape index (κ1) is 13.4. The van der Waals surface area contributed by atoms with Crippen LogP contribution in [0.2, 0.25) is 0 Å². The van der Waals surface area contributed by atoms with Gasteiger partial charge in [0.05, 0.1) is 0 Å². The van der Waals surface area contributed by atoms with E-state index in [4.69, 9.17) is 10.2 Å². The van der Waals surface area contributed by atoms with Gasteiger partial charge in [0, 0.05) is 12.6 Å². The molecule has 4 nitrogen and oxygen atoms in total. The fourth-order valence-electron chi connectivity index (χ4n) is 1.15. The second-order valence-electron chi connectivity index (χ2n) is 4.18. The van der Waals surface area contributed by atoms with Gasteiger partial charge in [0.2, 0.25) is 0 Å². The third kappa shape index (κ3) is 4.07. The number of aliphatic carboxylic acids is 1. The van der Waals surface area contributed by atoms with E-state index in [1.807, 2.05) is 27.7 Å². The molecular weight excluding hydrogens is 182 g/mol. The highest BCUT2D eigenvalue weighted by molar-refractivity contribution is 5.73. The molecular formula is C10H21NO3. The highest BCUT2D eigenvalue weighted by Crippen LogP contribution is 2.07. The van der Waals surface area contributed by atoms with Crippen LogP contribution in [0.4, 0.5) is 0 Å². The van der Waals surface area contributed by atoms with Crippen LogP contribution in [0.5, 0.6) is 0 Å². The van der Waals surface area contributed by atoms with Crippen molar-refractivity contribution in [3.8, 4) is 0 Å². The molecule has 0 spiro atoms. The smallest absolute Gasteiger partial charge is 0.320 e. The van der Waals surface area contributed by atoms with Gasteiger partial charge in [0.15, 0.2) is 0 Å². The number of carboxylic acids is 1. The van der Waals surface area contributed by atoms with Gasteiger partial charge in [-0.15, -0.1) is 0 Å². The number of carboxylic acid groups (broad SMARTS) is 1. The van der Waals surface area contributed by atoms with Crippen molar-refractivity contribution in [1.82, 2.24) is 5.32 Å². The van der Waals surface area contributed by atoms with Gasteiger partial charge in [-0.1, -0.05) is 20.8 Å². The number of aliphatic hydroxyl groups is 1. The molecule has 0 aromatic carbocycles. The lowest BCUT2D eigenvalue weighted by Gasteiger charge is -2.26. The van der Waals surface area contributed by atoms with E-state index in [1.54, 1.807) is 0 Å². The third-order valence-electron chi connectivity index (χ3n) is 2.52. The summed E-state index contributed by atoms with van der Waals surface area (Å²) in [6.07, 6.45) is 0. The first-order valence-electron chi connectivity index (χ1n) is 4.99. The predicted octanol–water partition coefficient (Wildman–Crippen LogP) is 0.702. The molecule has 0 aromatic heterocycles. The Morgan fingerprint density at radius 3 is 2.07 bits per heavy atom. The number of nitrogens with one attached hydrogen (secondary N) is 1. The van der Waals surface area contributed by atoms with Crippen LogP contribution in [0.3, 0.4) is 0 Å². The minimum atomic E-state index is -0.836. The summed E-state index contributed by atoms with van der Waals surface area (Å²) in [7, 11) is 0. The molecule has 0 aliphatic carbocycles. The Kier molecular flexibility index (Phi) is 5.72. The second-order valence-corrected chi connectivity index (χ2v) is 4.18. The first-order chi connectivity index (χ1) is 6.40. The molecule has 0 amide bonds. The van der Waals surface area contributed by atoms with Crippen LogP contribution >= 0.6 is 0 Å². The summed E-state index contributed by atoms with van der Waals surface area (Å²) in [6.45, 7) is 7.57. The zero-order valence-corrected chi connectivity index (χ0v) is 9.32. The van der Waals surface area contributed by atoms with Gasteiger partial charge in [0.1, 0.15) is 6.04 Å². The van der Waals surface area contributed by atoms with E-state index in [0.717, 1.165) is 0 Å². The lowest BCUT2D eigenvalue weighted by molar-refractivity contribution is -0.141. The number of aliphatic hydroxyl groups excluding tert-OH is 1. The van der Waals surface area contributed by atoms with Crippen molar-refractivity contribution in [3.05, 3.63) is 0 Å². The van der Waals surface area contributed by atoms with Gasteiger partial charge in [-0.2, -0.15) is 0 Å². The summed E-state index contributed by atoms with van der Waals surface area (Å²) in [5, 5.41) is 20.8. The van der Waals surface area contributed by atoms with Crippen LogP contribution in [0.1, 0.15) is 27.7 Å². The molecule has 0 saturated heterocycles. The molecule has 4 heteroatoms. The Balaban J connectivity index is 4.23. The second kappa shape index (κ2) is 5.98. The summed E-state index contributed by atoms with van der Waals surface area (Å²) in [5.74, 6) is -0.728. The van der Waals surface area contributed by atoms with Crippen LogP contribution in [0, 0.1) is 11.8 Å². The zero-order chi connectivity index (χ0) is 11.3. The summed E-state index contributed by atoms with van der Waals surface area (Å²) >= 11 is 0. The number of hydrogen-bond donors (Lipinski definition) is 3. The molecule has 0 bridgehead atoms. The van der Waals surface area contributed by atoms with Gasteiger partial charge in [0.25, 0.3) is 0 Å². The SMILES string of the molecule is CC(C)C(NC(C)C(C)CO)C(=O)O. The summed E-state index contributed by atoms with van der Waals surface area (Å²) in [4.78, 5) is 10.9. The predicted molar refractivity (Wildman–Crippen MR) is 55.1 cm³/mol. The molecule has 0 rings (SSSR count). The molecule has 3 N–H and O–H groups in total. The topological polar surface area (TPSA) is 69.6 Å². The van der Waals surface area contributed by atoms with E-state index >= 15 is 0 Å². The number of hydrogen-bond acceptors (Lipinski definition) is 3. The molecule has 0 heterocycles. The number of carbonyl (C=O) groups is 1. The van der Waals surface area contributed by atoms with Crippen molar-refractivity contribution in [1.29, 1.82) is 0 Å². The first-order valence-corrected chi connectivity index (χ1v) is 4.99. The lowest BCUT2D eigenvalue weighted by atomic mass is 9.99. The van der Waals surface area contributed by atoms with Crippen molar-refractivity contribution in [2.75, 3.05) is 6.61 Å². The van der Waals surface area contributed by atoms with Gasteiger partial charge in [-0.05, 0) is 18.8 Å². The Morgan fingerprint density at radius 1 is 1.29 bits per heavy atom. The Bertz CT molecular complexity index is 182. The Hall–Kier alpha value is -0.610. The normalized spacial score (nSPS) is 17.9. The lowest BCUT2D eigenvalue weighted by Crippen LogP contribution is -2.48. The zero-order valence-electron chi connectivity index (χ0n) is 9.32. The molecule has 84 valence electrons. The maximum absolute atomic E-state index is 10.9. The number of rotatable bonds is 6. The molecule has 14 heavy (non-hydrogen) atoms. The van der Waals surface area contributed by atoms with Crippen molar-refractivity contribution < 1.29 is 15.0 Å². The maximum Gasteiger partial charge on any atom is 0.320 e. The van der Waals surface area contributed by atoms with E-state index in [-0.39, 0.29) is 24.5 Å². The average molecular weight is 203 g/mol. The molecule has 0 aliphatic rings. The molecule has 0 fully saturated rings. The van der Waals surface area contributed by atoms with Gasteiger partial charge in [-0.25, -0.2) is 0 Å². The summed E-state index contributed by atoms with van der Waals surface area (Å²) in [5.41, 5.74) is 0. The van der Waals surface area contributed by atoms with Gasteiger partial charge < -0.3 is 15.5 Å². The van der Waals surface area contributed by atoms with Crippen LogP contribution < -0.4 is 5.32 Å². The average Bonchev–Trinajstić information content (AvgIpc) is 2.11. The highest BCUT2D eigenvalue weighted by atomic mass is 16.4. The highest BCUT2D eigenvalue weighted by Gasteiger charge is 2.24. The monoisotopic (exact) mass is 203 g/mol. The largest absolute Gasteiger partial charge is 0.480 e. The molecule has 0 saturated carbocycles. The minimum absolute atomic E-state index is 0.00324. The van der Waals surface area contributed by atoms with Crippen molar-refractivity contribution in [3.63, 3.8) is 0 Å². The van der Waals surface area contributed by atoms with Crippen LogP contribution in [-0.2, 0) is 4.79 Å². The maximum atomic E-state index is 10.9.